The number of hydrogen-bond acceptors (Lipinski definition) is 4. The number of aliphatic hydroxyl groups excluding tert-OH is 1. The predicted octanol–water partition coefficient (Wildman–Crippen LogP) is 1.97. The fraction of sp³-hybridized carbons (Fsp3) is 0.579. The highest BCUT2D eigenvalue weighted by Crippen LogP contribution is 2.19. The van der Waals surface area contributed by atoms with Crippen molar-refractivity contribution in [2.24, 2.45) is 0 Å². The average molecular weight is 348 g/mol. The van der Waals surface area contributed by atoms with Gasteiger partial charge < -0.3 is 20.1 Å². The van der Waals surface area contributed by atoms with Crippen molar-refractivity contribution in [3.63, 3.8) is 0 Å². The van der Waals surface area contributed by atoms with Gasteiger partial charge in [-0.2, -0.15) is 0 Å². The van der Waals surface area contributed by atoms with Crippen molar-refractivity contribution in [1.29, 1.82) is 0 Å². The second kappa shape index (κ2) is 10.0. The molecule has 138 valence electrons. The Morgan fingerprint density at radius 2 is 1.88 bits per heavy atom. The molecular weight excluding hydrogens is 320 g/mol. The summed E-state index contributed by atoms with van der Waals surface area (Å²) in [5, 5.41) is 12.0. The SMILES string of the molecule is CCC(CO)NC(=O)c1ccccc1OCC(=O)N1CCCCCC1. The third-order valence-corrected chi connectivity index (χ3v) is 4.49. The lowest BCUT2D eigenvalue weighted by Gasteiger charge is -2.21. The molecule has 0 bridgehead atoms. The zero-order chi connectivity index (χ0) is 18.1. The first-order chi connectivity index (χ1) is 12.2. The number of benzene rings is 1. The zero-order valence-corrected chi connectivity index (χ0v) is 14.9. The largest absolute Gasteiger partial charge is 0.483 e. The topological polar surface area (TPSA) is 78.9 Å². The number of carbonyl (C=O) groups excluding carboxylic acids is 2. The third-order valence-electron chi connectivity index (χ3n) is 4.49. The molecule has 1 atom stereocenters. The minimum absolute atomic E-state index is 0.0427. The third kappa shape index (κ3) is 5.74. The summed E-state index contributed by atoms with van der Waals surface area (Å²) in [6.45, 7) is 3.27. The second-order valence-electron chi connectivity index (χ2n) is 6.34. The van der Waals surface area contributed by atoms with Crippen LogP contribution in [0.2, 0.25) is 0 Å². The van der Waals surface area contributed by atoms with Crippen LogP contribution >= 0.6 is 0 Å². The molecule has 6 nitrogen and oxygen atoms in total. The van der Waals surface area contributed by atoms with E-state index in [0.717, 1.165) is 38.8 Å². The molecule has 1 aliphatic heterocycles. The number of rotatable bonds is 7. The molecule has 2 amide bonds. The molecule has 2 N–H and O–H groups in total. The highest BCUT2D eigenvalue weighted by atomic mass is 16.5. The van der Waals surface area contributed by atoms with Gasteiger partial charge in [0.1, 0.15) is 5.75 Å². The molecule has 1 heterocycles. The van der Waals surface area contributed by atoms with Crippen LogP contribution in [0.4, 0.5) is 0 Å². The van der Waals surface area contributed by atoms with Crippen LogP contribution in [0.1, 0.15) is 49.4 Å². The van der Waals surface area contributed by atoms with Crippen LogP contribution in [-0.4, -0.2) is 54.2 Å². The van der Waals surface area contributed by atoms with Crippen LogP contribution in [0, 0.1) is 0 Å². The molecule has 1 fully saturated rings. The normalized spacial score (nSPS) is 16.0. The Labute approximate surface area is 149 Å². The zero-order valence-electron chi connectivity index (χ0n) is 14.9. The molecule has 2 rings (SSSR count). The van der Waals surface area contributed by atoms with E-state index in [1.54, 1.807) is 24.3 Å². The van der Waals surface area contributed by atoms with Crippen molar-refractivity contribution in [3.05, 3.63) is 29.8 Å². The summed E-state index contributed by atoms with van der Waals surface area (Å²) < 4.78 is 5.65. The predicted molar refractivity (Wildman–Crippen MR) is 95.6 cm³/mol. The number of carbonyl (C=O) groups is 2. The van der Waals surface area contributed by atoms with Gasteiger partial charge in [0.2, 0.25) is 0 Å². The number of likely N-dealkylation sites (tertiary alicyclic amines) is 1. The van der Waals surface area contributed by atoms with E-state index in [0.29, 0.717) is 17.7 Å². The van der Waals surface area contributed by atoms with Gasteiger partial charge >= 0.3 is 0 Å². The van der Waals surface area contributed by atoms with Gasteiger partial charge in [0, 0.05) is 13.1 Å². The van der Waals surface area contributed by atoms with Crippen LogP contribution < -0.4 is 10.1 Å². The number of amides is 2. The highest BCUT2D eigenvalue weighted by molar-refractivity contribution is 5.97. The lowest BCUT2D eigenvalue weighted by atomic mass is 10.1. The van der Waals surface area contributed by atoms with Gasteiger partial charge in [-0.3, -0.25) is 9.59 Å². The van der Waals surface area contributed by atoms with Crippen LogP contribution in [0.3, 0.4) is 0 Å². The molecule has 1 aromatic carbocycles. The van der Waals surface area contributed by atoms with E-state index in [9.17, 15) is 14.7 Å². The monoisotopic (exact) mass is 348 g/mol. The minimum atomic E-state index is -0.307. The highest BCUT2D eigenvalue weighted by Gasteiger charge is 2.19. The molecule has 1 aliphatic rings. The van der Waals surface area contributed by atoms with Crippen molar-refractivity contribution in [2.45, 2.75) is 45.1 Å². The van der Waals surface area contributed by atoms with Gasteiger partial charge in [-0.05, 0) is 31.4 Å². The molecule has 1 unspecified atom stereocenters. The summed E-state index contributed by atoms with van der Waals surface area (Å²) in [4.78, 5) is 26.6. The summed E-state index contributed by atoms with van der Waals surface area (Å²) >= 11 is 0. The Balaban J connectivity index is 1.97. The molecule has 1 aromatic rings. The maximum absolute atomic E-state index is 12.4. The van der Waals surface area contributed by atoms with Gasteiger partial charge in [0.15, 0.2) is 6.61 Å². The van der Waals surface area contributed by atoms with Crippen molar-refractivity contribution in [2.75, 3.05) is 26.3 Å². The fourth-order valence-corrected chi connectivity index (χ4v) is 2.87. The Kier molecular flexibility index (Phi) is 7.73. The molecule has 25 heavy (non-hydrogen) atoms. The lowest BCUT2D eigenvalue weighted by Crippen LogP contribution is -2.37. The van der Waals surface area contributed by atoms with E-state index in [1.807, 2.05) is 11.8 Å². The average Bonchev–Trinajstić information content (AvgIpc) is 2.93. The van der Waals surface area contributed by atoms with Crippen LogP contribution in [0.25, 0.3) is 0 Å². The van der Waals surface area contributed by atoms with Gasteiger partial charge in [0.05, 0.1) is 18.2 Å². The summed E-state index contributed by atoms with van der Waals surface area (Å²) in [5.74, 6) is 0.0357. The molecule has 6 heteroatoms. The summed E-state index contributed by atoms with van der Waals surface area (Å²) in [7, 11) is 0. The Hall–Kier alpha value is -2.08. The van der Waals surface area contributed by atoms with E-state index in [1.165, 1.54) is 0 Å². The van der Waals surface area contributed by atoms with Crippen molar-refractivity contribution < 1.29 is 19.4 Å². The number of nitrogens with one attached hydrogen (secondary N) is 1. The van der Waals surface area contributed by atoms with Crippen molar-refractivity contribution >= 4 is 11.8 Å². The molecule has 0 radical (unpaired) electrons. The molecule has 0 aromatic heterocycles. The van der Waals surface area contributed by atoms with Gasteiger partial charge in [-0.25, -0.2) is 0 Å². The van der Waals surface area contributed by atoms with E-state index in [-0.39, 0.29) is 31.1 Å². The number of aliphatic hydroxyl groups is 1. The first-order valence-corrected chi connectivity index (χ1v) is 9.07. The van der Waals surface area contributed by atoms with E-state index >= 15 is 0 Å². The fourth-order valence-electron chi connectivity index (χ4n) is 2.87. The van der Waals surface area contributed by atoms with Crippen LogP contribution in [0.15, 0.2) is 24.3 Å². The first kappa shape index (κ1) is 19.2. The minimum Gasteiger partial charge on any atom is -0.483 e. The number of hydrogen-bond donors (Lipinski definition) is 2. The van der Waals surface area contributed by atoms with E-state index in [2.05, 4.69) is 5.32 Å². The number of nitrogens with zero attached hydrogens (tertiary/aromatic N) is 1. The Bertz CT molecular complexity index is 564. The Morgan fingerprint density at radius 1 is 1.20 bits per heavy atom. The number of para-hydroxylation sites is 1. The van der Waals surface area contributed by atoms with Gasteiger partial charge in [0.25, 0.3) is 11.8 Å². The molecule has 0 saturated carbocycles. The summed E-state index contributed by atoms with van der Waals surface area (Å²) in [6, 6.07) is 6.57. The second-order valence-corrected chi connectivity index (χ2v) is 6.34. The molecule has 0 aliphatic carbocycles. The summed E-state index contributed by atoms with van der Waals surface area (Å²) in [6.07, 6.45) is 5.03. The standard InChI is InChI=1S/C19H28N2O4/c1-2-15(13-22)20-19(24)16-9-5-6-10-17(16)25-14-18(23)21-11-7-3-4-8-12-21/h5-6,9-10,15,22H,2-4,7-8,11-14H2,1H3,(H,20,24). The smallest absolute Gasteiger partial charge is 0.260 e. The molecule has 0 spiro atoms. The molecular formula is C19H28N2O4. The van der Waals surface area contributed by atoms with Crippen molar-refractivity contribution in [1.82, 2.24) is 10.2 Å². The van der Waals surface area contributed by atoms with E-state index < -0.39 is 0 Å². The quantitative estimate of drug-likeness (QED) is 0.790. The maximum atomic E-state index is 12.4. The van der Waals surface area contributed by atoms with Crippen LogP contribution in [-0.2, 0) is 4.79 Å². The Morgan fingerprint density at radius 3 is 2.52 bits per heavy atom. The summed E-state index contributed by atoms with van der Waals surface area (Å²) in [5.41, 5.74) is 0.373. The van der Waals surface area contributed by atoms with Crippen molar-refractivity contribution in [3.8, 4) is 5.75 Å². The van der Waals surface area contributed by atoms with E-state index in [4.69, 9.17) is 4.74 Å². The molecule has 1 saturated heterocycles. The van der Waals surface area contributed by atoms with Gasteiger partial charge in [-0.15, -0.1) is 0 Å². The lowest BCUT2D eigenvalue weighted by molar-refractivity contribution is -0.133. The van der Waals surface area contributed by atoms with Gasteiger partial charge in [-0.1, -0.05) is 31.9 Å². The number of ether oxygens (including phenoxy) is 1. The first-order valence-electron chi connectivity index (χ1n) is 9.07. The maximum Gasteiger partial charge on any atom is 0.260 e. The van der Waals surface area contributed by atoms with Crippen LogP contribution in [0.5, 0.6) is 5.75 Å².